The molecule has 2 heteroatoms. The monoisotopic (exact) mass is 176 g/mol. The summed E-state index contributed by atoms with van der Waals surface area (Å²) in [6.07, 6.45) is 4.28. The number of hydrogen-bond acceptors (Lipinski definition) is 0. The van der Waals surface area contributed by atoms with E-state index in [-0.39, 0.29) is 0 Å². The maximum absolute atomic E-state index is 5.66. The maximum atomic E-state index is 5.66. The van der Waals surface area contributed by atoms with Crippen LogP contribution in [0.15, 0.2) is 0 Å². The molecule has 0 aromatic heterocycles. The highest BCUT2D eigenvalue weighted by molar-refractivity contribution is 6.79. The Labute approximate surface area is 70.0 Å². The topological polar surface area (TPSA) is 0 Å². The van der Waals surface area contributed by atoms with Crippen LogP contribution in [0, 0.1) is 0 Å². The third kappa shape index (κ3) is 2.28. The zero-order valence-corrected chi connectivity index (χ0v) is 8.58. The van der Waals surface area contributed by atoms with Crippen molar-refractivity contribution in [1.82, 2.24) is 0 Å². The first-order valence-electron chi connectivity index (χ1n) is 4.33. The Bertz CT molecular complexity index is 97.4. The summed E-state index contributed by atoms with van der Waals surface area (Å²) in [6, 6.07) is 4.63. The van der Waals surface area contributed by atoms with E-state index in [4.69, 9.17) is 11.6 Å². The molecule has 1 rings (SSSR count). The molecule has 0 N–H and O–H groups in total. The van der Waals surface area contributed by atoms with E-state index in [1.54, 1.807) is 12.1 Å². The average Bonchev–Trinajstić information content (AvgIpc) is 2.33. The van der Waals surface area contributed by atoms with Crippen LogP contribution in [-0.2, 0) is 0 Å². The lowest BCUT2D eigenvalue weighted by molar-refractivity contribution is 0.935. The van der Waals surface area contributed by atoms with Gasteiger partial charge in [-0.05, 0) is 6.42 Å². The van der Waals surface area contributed by atoms with Gasteiger partial charge in [0.2, 0.25) is 0 Å². The summed E-state index contributed by atoms with van der Waals surface area (Å²) in [4.78, 5) is 0. The van der Waals surface area contributed by atoms with Gasteiger partial charge in [0, 0.05) is 5.88 Å². The molecule has 1 fully saturated rings. The quantitative estimate of drug-likeness (QED) is 0.456. The highest BCUT2D eigenvalue weighted by atomic mass is 35.5. The summed E-state index contributed by atoms with van der Waals surface area (Å²) in [6.45, 7) is 2.55. The number of rotatable bonds is 3. The van der Waals surface area contributed by atoms with Crippen LogP contribution in [-0.4, -0.2) is 14.0 Å². The van der Waals surface area contributed by atoms with E-state index in [2.05, 4.69) is 6.55 Å². The lowest BCUT2D eigenvalue weighted by Crippen LogP contribution is -2.24. The fourth-order valence-corrected chi connectivity index (χ4v) is 6.32. The number of halogens is 1. The molecule has 60 valence electrons. The van der Waals surface area contributed by atoms with E-state index < -0.39 is 8.07 Å². The first kappa shape index (κ1) is 8.60. The Kier molecular flexibility index (Phi) is 3.24. The molecule has 1 aliphatic heterocycles. The van der Waals surface area contributed by atoms with Crippen molar-refractivity contribution in [2.45, 2.75) is 43.9 Å². The fraction of sp³-hybridized carbons (Fsp3) is 1.00. The van der Waals surface area contributed by atoms with Gasteiger partial charge in [-0.1, -0.05) is 37.5 Å². The molecule has 10 heavy (non-hydrogen) atoms. The van der Waals surface area contributed by atoms with Crippen molar-refractivity contribution in [2.24, 2.45) is 0 Å². The molecular weight excluding hydrogens is 160 g/mol. The molecule has 0 radical (unpaired) electrons. The van der Waals surface area contributed by atoms with Crippen molar-refractivity contribution >= 4 is 19.7 Å². The minimum Gasteiger partial charge on any atom is -0.127 e. The maximum Gasteiger partial charge on any atom is 0.0505 e. The lowest BCUT2D eigenvalue weighted by Gasteiger charge is -2.19. The van der Waals surface area contributed by atoms with E-state index >= 15 is 0 Å². The summed E-state index contributed by atoms with van der Waals surface area (Å²) in [5.74, 6) is 0.878. The Balaban J connectivity index is 2.22. The van der Waals surface area contributed by atoms with Crippen LogP contribution in [0.1, 0.15) is 19.3 Å². The summed E-state index contributed by atoms with van der Waals surface area (Å²) in [7, 11) is -0.692. The normalized spacial score (nSPS) is 23.4. The van der Waals surface area contributed by atoms with Crippen molar-refractivity contribution in [1.29, 1.82) is 0 Å². The van der Waals surface area contributed by atoms with Crippen molar-refractivity contribution in [3.8, 4) is 0 Å². The molecule has 0 aromatic rings. The van der Waals surface area contributed by atoms with E-state index in [0.717, 1.165) is 5.88 Å². The van der Waals surface area contributed by atoms with Crippen molar-refractivity contribution in [3.63, 3.8) is 0 Å². The average molecular weight is 177 g/mol. The molecular formula is C8H17ClSi. The van der Waals surface area contributed by atoms with Crippen molar-refractivity contribution < 1.29 is 0 Å². The van der Waals surface area contributed by atoms with Gasteiger partial charge in [-0.15, -0.1) is 11.6 Å². The minimum absolute atomic E-state index is 0.692. The highest BCUT2D eigenvalue weighted by Crippen LogP contribution is 2.33. The smallest absolute Gasteiger partial charge is 0.0505 e. The Morgan fingerprint density at radius 1 is 1.30 bits per heavy atom. The lowest BCUT2D eigenvalue weighted by atomic mass is 10.4. The van der Waals surface area contributed by atoms with Crippen LogP contribution in [0.4, 0.5) is 0 Å². The first-order chi connectivity index (χ1) is 4.77. The zero-order valence-electron chi connectivity index (χ0n) is 6.83. The molecule has 0 spiro atoms. The third-order valence-electron chi connectivity index (χ3n) is 2.72. The minimum atomic E-state index is -0.692. The van der Waals surface area contributed by atoms with Gasteiger partial charge in [-0.3, -0.25) is 0 Å². The summed E-state index contributed by atoms with van der Waals surface area (Å²) < 4.78 is 0. The third-order valence-corrected chi connectivity index (χ3v) is 7.67. The Morgan fingerprint density at radius 3 is 2.40 bits per heavy atom. The van der Waals surface area contributed by atoms with Crippen LogP contribution in [0.5, 0.6) is 0 Å². The van der Waals surface area contributed by atoms with Crippen molar-refractivity contribution in [2.75, 3.05) is 5.88 Å². The SMILES string of the molecule is C[Si]1(CCCCl)CCCC1. The van der Waals surface area contributed by atoms with E-state index in [0.29, 0.717) is 0 Å². The summed E-state index contributed by atoms with van der Waals surface area (Å²) in [5, 5.41) is 0. The molecule has 0 atom stereocenters. The Hall–Kier alpha value is 0.507. The Morgan fingerprint density at radius 2 is 1.90 bits per heavy atom. The van der Waals surface area contributed by atoms with Gasteiger partial charge in [-0.2, -0.15) is 0 Å². The largest absolute Gasteiger partial charge is 0.127 e. The van der Waals surface area contributed by atoms with Gasteiger partial charge in [0.15, 0.2) is 0 Å². The summed E-state index contributed by atoms with van der Waals surface area (Å²) >= 11 is 5.66. The molecule has 0 nitrogen and oxygen atoms in total. The molecule has 1 aliphatic rings. The van der Waals surface area contributed by atoms with Gasteiger partial charge in [-0.25, -0.2) is 0 Å². The van der Waals surface area contributed by atoms with Crippen LogP contribution in [0.3, 0.4) is 0 Å². The van der Waals surface area contributed by atoms with E-state index in [1.165, 1.54) is 25.3 Å². The number of alkyl halides is 1. The van der Waals surface area contributed by atoms with Crippen LogP contribution in [0.25, 0.3) is 0 Å². The molecule has 0 aliphatic carbocycles. The number of hydrogen-bond donors (Lipinski definition) is 0. The second kappa shape index (κ2) is 3.77. The van der Waals surface area contributed by atoms with Gasteiger partial charge in [0.1, 0.15) is 0 Å². The second-order valence-corrected chi connectivity index (χ2v) is 9.31. The van der Waals surface area contributed by atoms with Crippen LogP contribution in [0.2, 0.25) is 24.7 Å². The molecule has 0 bridgehead atoms. The molecule has 0 aromatic carbocycles. The van der Waals surface area contributed by atoms with Gasteiger partial charge < -0.3 is 0 Å². The fourth-order valence-electron chi connectivity index (χ4n) is 1.97. The predicted octanol–water partition coefficient (Wildman–Crippen LogP) is 3.49. The van der Waals surface area contributed by atoms with Gasteiger partial charge in [0.05, 0.1) is 8.07 Å². The van der Waals surface area contributed by atoms with Gasteiger partial charge >= 0.3 is 0 Å². The van der Waals surface area contributed by atoms with Crippen molar-refractivity contribution in [3.05, 3.63) is 0 Å². The molecule has 0 saturated carbocycles. The molecule has 1 heterocycles. The predicted molar refractivity (Wildman–Crippen MR) is 50.6 cm³/mol. The van der Waals surface area contributed by atoms with Crippen LogP contribution < -0.4 is 0 Å². The second-order valence-electron chi connectivity index (χ2n) is 3.81. The van der Waals surface area contributed by atoms with Crippen LogP contribution >= 0.6 is 11.6 Å². The molecule has 0 amide bonds. The van der Waals surface area contributed by atoms with Gasteiger partial charge in [0.25, 0.3) is 0 Å². The summed E-state index contributed by atoms with van der Waals surface area (Å²) in [5.41, 5.74) is 0. The highest BCUT2D eigenvalue weighted by Gasteiger charge is 2.29. The zero-order chi connectivity index (χ0) is 7.45. The molecule has 0 unspecified atom stereocenters. The standard InChI is InChI=1S/C8H17ClSi/c1-10(8-4-5-9)6-2-3-7-10/h2-8H2,1H3. The molecule has 1 saturated heterocycles. The first-order valence-corrected chi connectivity index (χ1v) is 7.98. The van der Waals surface area contributed by atoms with E-state index in [9.17, 15) is 0 Å². The van der Waals surface area contributed by atoms with E-state index in [1.807, 2.05) is 0 Å².